The van der Waals surface area contributed by atoms with Gasteiger partial charge in [-0.25, -0.2) is 4.79 Å². The largest absolute Gasteiger partial charge is 0.428 e. The van der Waals surface area contributed by atoms with Crippen molar-refractivity contribution in [3.8, 4) is 0 Å². The van der Waals surface area contributed by atoms with Crippen molar-refractivity contribution in [3.05, 3.63) is 24.3 Å². The molecule has 0 radical (unpaired) electrons. The number of morpholine rings is 1. The fourth-order valence-electron chi connectivity index (χ4n) is 1.92. The van der Waals surface area contributed by atoms with E-state index in [1.165, 1.54) is 6.92 Å². The molecule has 0 spiro atoms. The van der Waals surface area contributed by atoms with Gasteiger partial charge in [-0.1, -0.05) is 6.07 Å². The molecule has 7 heteroatoms. The van der Waals surface area contributed by atoms with Crippen LogP contribution in [0.5, 0.6) is 0 Å². The van der Waals surface area contributed by atoms with Gasteiger partial charge in [0.05, 0.1) is 13.2 Å². The maximum Gasteiger partial charge on any atom is 0.414 e. The van der Waals surface area contributed by atoms with Crippen molar-refractivity contribution in [2.45, 2.75) is 6.92 Å². The van der Waals surface area contributed by atoms with Gasteiger partial charge in [0.25, 0.3) is 0 Å². The molecule has 1 amide bonds. The Kier molecular flexibility index (Phi) is 5.39. The van der Waals surface area contributed by atoms with Crippen molar-refractivity contribution in [3.63, 3.8) is 0 Å². The predicted octanol–water partition coefficient (Wildman–Crippen LogP) is 1.59. The molecule has 1 saturated heterocycles. The molecular formula is C14H18N2O5. The Morgan fingerprint density at radius 3 is 2.76 bits per heavy atom. The lowest BCUT2D eigenvalue weighted by Gasteiger charge is -2.29. The number of carbonyl (C=O) groups excluding carboxylic acids is 2. The third-order valence-electron chi connectivity index (χ3n) is 2.92. The molecule has 2 rings (SSSR count). The molecule has 21 heavy (non-hydrogen) atoms. The number of hydrogen-bond donors (Lipinski definition) is 1. The monoisotopic (exact) mass is 294 g/mol. The highest BCUT2D eigenvalue weighted by Gasteiger charge is 2.12. The fraction of sp³-hybridized carbons (Fsp3) is 0.429. The molecule has 0 aliphatic carbocycles. The molecule has 1 N–H and O–H groups in total. The van der Waals surface area contributed by atoms with E-state index in [1.54, 1.807) is 6.07 Å². The van der Waals surface area contributed by atoms with Crippen LogP contribution in [0.3, 0.4) is 0 Å². The van der Waals surface area contributed by atoms with Crippen molar-refractivity contribution in [2.24, 2.45) is 0 Å². The van der Waals surface area contributed by atoms with Gasteiger partial charge in [0.15, 0.2) is 0 Å². The summed E-state index contributed by atoms with van der Waals surface area (Å²) in [5.41, 5.74) is 1.63. The third kappa shape index (κ3) is 4.96. The molecule has 0 saturated carbocycles. The van der Waals surface area contributed by atoms with Gasteiger partial charge in [-0.2, -0.15) is 0 Å². The number of nitrogens with zero attached hydrogens (tertiary/aromatic N) is 1. The van der Waals surface area contributed by atoms with Gasteiger partial charge >= 0.3 is 12.1 Å². The first-order chi connectivity index (χ1) is 10.1. The van der Waals surface area contributed by atoms with Crippen LogP contribution in [0.2, 0.25) is 0 Å². The van der Waals surface area contributed by atoms with Crippen LogP contribution < -0.4 is 10.2 Å². The zero-order valence-corrected chi connectivity index (χ0v) is 11.8. The van der Waals surface area contributed by atoms with Gasteiger partial charge in [-0.3, -0.25) is 10.1 Å². The molecule has 0 unspecified atom stereocenters. The Hall–Kier alpha value is -2.28. The molecule has 1 aliphatic heterocycles. The number of rotatable bonds is 4. The van der Waals surface area contributed by atoms with Crippen LogP contribution in [-0.2, 0) is 19.0 Å². The summed E-state index contributed by atoms with van der Waals surface area (Å²) < 4.78 is 14.5. The van der Waals surface area contributed by atoms with Crippen LogP contribution in [0.4, 0.5) is 16.2 Å². The van der Waals surface area contributed by atoms with E-state index >= 15 is 0 Å². The summed E-state index contributed by atoms with van der Waals surface area (Å²) in [6.07, 6.45) is -0.671. The summed E-state index contributed by atoms with van der Waals surface area (Å²) in [4.78, 5) is 24.3. The van der Waals surface area contributed by atoms with Gasteiger partial charge < -0.3 is 19.1 Å². The average molecular weight is 294 g/mol. The first kappa shape index (κ1) is 15.1. The van der Waals surface area contributed by atoms with Crippen LogP contribution in [0.25, 0.3) is 0 Å². The highest BCUT2D eigenvalue weighted by Crippen LogP contribution is 2.20. The molecular weight excluding hydrogens is 276 g/mol. The molecule has 0 bridgehead atoms. The second kappa shape index (κ2) is 7.49. The number of ether oxygens (including phenoxy) is 3. The summed E-state index contributed by atoms with van der Waals surface area (Å²) in [6, 6.07) is 7.45. The zero-order chi connectivity index (χ0) is 15.1. The summed E-state index contributed by atoms with van der Waals surface area (Å²) in [5, 5.41) is 2.58. The van der Waals surface area contributed by atoms with E-state index in [0.717, 1.165) is 18.8 Å². The molecule has 1 aromatic carbocycles. The quantitative estimate of drug-likeness (QED) is 0.671. The van der Waals surface area contributed by atoms with Crippen molar-refractivity contribution in [1.82, 2.24) is 0 Å². The number of carbonyl (C=O) groups is 2. The van der Waals surface area contributed by atoms with Gasteiger partial charge in [0.1, 0.15) is 0 Å². The predicted molar refractivity (Wildman–Crippen MR) is 76.2 cm³/mol. The summed E-state index contributed by atoms with van der Waals surface area (Å²) >= 11 is 0. The maximum absolute atomic E-state index is 11.5. The second-order valence-corrected chi connectivity index (χ2v) is 4.46. The number of nitrogens with one attached hydrogen (secondary N) is 1. The van der Waals surface area contributed by atoms with Crippen LogP contribution >= 0.6 is 0 Å². The Balaban J connectivity index is 1.88. The number of hydrogen-bond acceptors (Lipinski definition) is 6. The fourth-order valence-corrected chi connectivity index (χ4v) is 1.92. The minimum atomic E-state index is -0.671. The van der Waals surface area contributed by atoms with Crippen LogP contribution in [0.1, 0.15) is 6.92 Å². The molecule has 114 valence electrons. The number of anilines is 2. The Bertz CT molecular complexity index is 500. The van der Waals surface area contributed by atoms with Gasteiger partial charge in [-0.15, -0.1) is 0 Å². The zero-order valence-electron chi connectivity index (χ0n) is 11.8. The third-order valence-corrected chi connectivity index (χ3v) is 2.92. The molecule has 1 fully saturated rings. The first-order valence-electron chi connectivity index (χ1n) is 6.65. The lowest BCUT2D eigenvalue weighted by atomic mass is 10.2. The maximum atomic E-state index is 11.5. The summed E-state index contributed by atoms with van der Waals surface area (Å²) in [5.74, 6) is -0.503. The number of esters is 1. The Morgan fingerprint density at radius 2 is 2.05 bits per heavy atom. The van der Waals surface area contributed by atoms with E-state index in [9.17, 15) is 9.59 Å². The minimum Gasteiger partial charge on any atom is -0.428 e. The second-order valence-electron chi connectivity index (χ2n) is 4.46. The summed E-state index contributed by atoms with van der Waals surface area (Å²) in [7, 11) is 0. The van der Waals surface area contributed by atoms with Gasteiger partial charge in [0, 0.05) is 31.4 Å². The van der Waals surface area contributed by atoms with Crippen molar-refractivity contribution < 1.29 is 23.8 Å². The molecule has 0 atom stereocenters. The normalized spacial score (nSPS) is 14.4. The van der Waals surface area contributed by atoms with E-state index in [0.29, 0.717) is 18.9 Å². The molecule has 0 aromatic heterocycles. The number of amides is 1. The first-order valence-corrected chi connectivity index (χ1v) is 6.65. The van der Waals surface area contributed by atoms with E-state index in [2.05, 4.69) is 15.0 Å². The molecule has 7 nitrogen and oxygen atoms in total. The topological polar surface area (TPSA) is 77.1 Å². The van der Waals surface area contributed by atoms with Crippen molar-refractivity contribution in [2.75, 3.05) is 43.3 Å². The average Bonchev–Trinajstić information content (AvgIpc) is 2.48. The van der Waals surface area contributed by atoms with Crippen LogP contribution in [-0.4, -0.2) is 45.2 Å². The SMILES string of the molecule is CC(=O)OCOC(=O)Nc1cccc(N2CCOCC2)c1. The van der Waals surface area contributed by atoms with Crippen LogP contribution in [0, 0.1) is 0 Å². The lowest BCUT2D eigenvalue weighted by Crippen LogP contribution is -2.36. The Morgan fingerprint density at radius 1 is 1.29 bits per heavy atom. The van der Waals surface area contributed by atoms with Crippen molar-refractivity contribution >= 4 is 23.4 Å². The standard InChI is InChI=1S/C14H18N2O5/c1-11(17)20-10-21-14(18)15-12-3-2-4-13(9-12)16-5-7-19-8-6-16/h2-4,9H,5-8,10H2,1H3,(H,15,18). The van der Waals surface area contributed by atoms with E-state index in [1.807, 2.05) is 18.2 Å². The van der Waals surface area contributed by atoms with E-state index < -0.39 is 18.9 Å². The minimum absolute atomic E-state index is 0.398. The van der Waals surface area contributed by atoms with Crippen LogP contribution in [0.15, 0.2) is 24.3 Å². The van der Waals surface area contributed by atoms with E-state index in [-0.39, 0.29) is 0 Å². The number of benzene rings is 1. The van der Waals surface area contributed by atoms with Gasteiger partial charge in [0.2, 0.25) is 6.79 Å². The lowest BCUT2D eigenvalue weighted by molar-refractivity contribution is -0.148. The highest BCUT2D eigenvalue weighted by atomic mass is 16.7. The molecule has 1 aromatic rings. The summed E-state index contributed by atoms with van der Waals surface area (Å²) in [6.45, 7) is 3.88. The smallest absolute Gasteiger partial charge is 0.414 e. The molecule has 1 heterocycles. The highest BCUT2D eigenvalue weighted by molar-refractivity contribution is 5.85. The van der Waals surface area contributed by atoms with E-state index in [4.69, 9.17) is 9.47 Å². The van der Waals surface area contributed by atoms with Crippen molar-refractivity contribution in [1.29, 1.82) is 0 Å². The Labute approximate surface area is 122 Å². The molecule has 1 aliphatic rings. The van der Waals surface area contributed by atoms with Gasteiger partial charge in [-0.05, 0) is 18.2 Å².